The maximum absolute atomic E-state index is 10.7. The molecule has 2 aromatic rings. The Morgan fingerprint density at radius 1 is 1.53 bits per heavy atom. The van der Waals surface area contributed by atoms with Crippen molar-refractivity contribution in [2.24, 2.45) is 0 Å². The fraction of sp³-hybridized carbons (Fsp3) is 0.0909. The summed E-state index contributed by atoms with van der Waals surface area (Å²) in [7, 11) is 0. The van der Waals surface area contributed by atoms with Crippen LogP contribution in [0, 0.1) is 28.4 Å². The van der Waals surface area contributed by atoms with Crippen LogP contribution >= 0.6 is 11.6 Å². The highest BCUT2D eigenvalue weighted by Crippen LogP contribution is 2.30. The number of pyridine rings is 1. The van der Waals surface area contributed by atoms with Crippen molar-refractivity contribution >= 4 is 28.2 Å². The number of hydrogen-bond donors (Lipinski definition) is 0. The fourth-order valence-electron chi connectivity index (χ4n) is 1.61. The number of benzene rings is 1. The highest BCUT2D eigenvalue weighted by molar-refractivity contribution is 6.36. The first-order chi connectivity index (χ1) is 8.04. The second-order valence-electron chi connectivity index (χ2n) is 3.51. The molecule has 1 aromatic carbocycles. The van der Waals surface area contributed by atoms with Crippen LogP contribution in [-0.2, 0) is 0 Å². The number of fused-ring (bicyclic) bond motifs is 1. The van der Waals surface area contributed by atoms with Gasteiger partial charge in [0, 0.05) is 23.7 Å². The molecule has 0 spiro atoms. The molecule has 0 fully saturated rings. The molecule has 0 aliphatic heterocycles. The van der Waals surface area contributed by atoms with E-state index in [2.05, 4.69) is 4.98 Å². The summed E-state index contributed by atoms with van der Waals surface area (Å²) in [6, 6.07) is 4.65. The number of nitriles is 1. The topological polar surface area (TPSA) is 79.8 Å². The first-order valence-electron chi connectivity index (χ1n) is 4.68. The van der Waals surface area contributed by atoms with Crippen molar-refractivity contribution < 1.29 is 4.92 Å². The molecule has 6 heteroatoms. The molecule has 5 nitrogen and oxygen atoms in total. The lowest BCUT2D eigenvalue weighted by Crippen LogP contribution is -1.93. The van der Waals surface area contributed by atoms with Gasteiger partial charge in [0.2, 0.25) is 0 Å². The van der Waals surface area contributed by atoms with Gasteiger partial charge in [-0.2, -0.15) is 5.26 Å². The molecule has 0 atom stereocenters. The average Bonchev–Trinajstić information content (AvgIpc) is 2.30. The van der Waals surface area contributed by atoms with Crippen molar-refractivity contribution in [1.29, 1.82) is 5.26 Å². The van der Waals surface area contributed by atoms with Crippen molar-refractivity contribution in [3.05, 3.63) is 44.6 Å². The van der Waals surface area contributed by atoms with E-state index in [4.69, 9.17) is 16.9 Å². The number of nitro groups is 1. The second-order valence-corrected chi connectivity index (χ2v) is 3.89. The van der Waals surface area contributed by atoms with E-state index < -0.39 is 4.92 Å². The van der Waals surface area contributed by atoms with Gasteiger partial charge < -0.3 is 0 Å². The summed E-state index contributed by atoms with van der Waals surface area (Å²) in [6.45, 7) is 1.71. The zero-order valence-corrected chi connectivity index (χ0v) is 9.52. The van der Waals surface area contributed by atoms with E-state index in [0.717, 1.165) is 0 Å². The molecule has 84 valence electrons. The van der Waals surface area contributed by atoms with E-state index in [1.165, 1.54) is 18.3 Å². The highest BCUT2D eigenvalue weighted by Gasteiger charge is 2.14. The molecule has 0 unspecified atom stereocenters. The van der Waals surface area contributed by atoms with Crippen LogP contribution in [-0.4, -0.2) is 9.91 Å². The highest BCUT2D eigenvalue weighted by atomic mass is 35.5. The maximum Gasteiger partial charge on any atom is 0.270 e. The number of nitrogens with zero attached hydrogens (tertiary/aromatic N) is 3. The normalized spacial score (nSPS) is 10.2. The smallest absolute Gasteiger partial charge is 0.258 e. The van der Waals surface area contributed by atoms with Gasteiger partial charge in [-0.1, -0.05) is 11.6 Å². The van der Waals surface area contributed by atoms with Crippen molar-refractivity contribution in [3.63, 3.8) is 0 Å². The lowest BCUT2D eigenvalue weighted by Gasteiger charge is -2.04. The monoisotopic (exact) mass is 247 g/mol. The lowest BCUT2D eigenvalue weighted by molar-refractivity contribution is -0.384. The third-order valence-corrected chi connectivity index (χ3v) is 2.82. The predicted octanol–water partition coefficient (Wildman–Crippen LogP) is 2.98. The molecule has 0 bridgehead atoms. The number of halogens is 1. The van der Waals surface area contributed by atoms with E-state index in [0.29, 0.717) is 16.5 Å². The Bertz CT molecular complexity index is 676. The van der Waals surface area contributed by atoms with Crippen molar-refractivity contribution in [3.8, 4) is 6.07 Å². The van der Waals surface area contributed by atoms with Gasteiger partial charge in [-0.05, 0) is 12.5 Å². The molecule has 2 rings (SSSR count). The maximum atomic E-state index is 10.7. The van der Waals surface area contributed by atoms with Crippen LogP contribution in [0.2, 0.25) is 5.02 Å². The molecule has 0 saturated heterocycles. The van der Waals surface area contributed by atoms with Crippen molar-refractivity contribution in [2.75, 3.05) is 0 Å². The standard InChI is InChI=1S/C11H6ClN3O2/c1-6-2-8(15(16)17)3-9-10(12)7(4-13)5-14-11(6)9/h2-3,5H,1H3. The Morgan fingerprint density at radius 2 is 2.24 bits per heavy atom. The van der Waals surface area contributed by atoms with E-state index in [-0.39, 0.29) is 16.3 Å². The van der Waals surface area contributed by atoms with Gasteiger partial charge in [0.25, 0.3) is 5.69 Å². The van der Waals surface area contributed by atoms with Crippen molar-refractivity contribution in [1.82, 2.24) is 4.98 Å². The SMILES string of the molecule is Cc1cc([N+](=O)[O-])cc2c(Cl)c(C#N)cnc12. The number of nitro benzene ring substituents is 1. The number of hydrogen-bond acceptors (Lipinski definition) is 4. The summed E-state index contributed by atoms with van der Waals surface area (Å²) in [4.78, 5) is 14.3. The summed E-state index contributed by atoms with van der Waals surface area (Å²) in [5.41, 5.74) is 1.37. The lowest BCUT2D eigenvalue weighted by atomic mass is 10.1. The third-order valence-electron chi connectivity index (χ3n) is 2.41. The molecule has 0 N–H and O–H groups in total. The first-order valence-corrected chi connectivity index (χ1v) is 5.05. The van der Waals surface area contributed by atoms with Gasteiger partial charge in [-0.15, -0.1) is 0 Å². The molecule has 1 heterocycles. The molecule has 17 heavy (non-hydrogen) atoms. The van der Waals surface area contributed by atoms with Gasteiger partial charge in [0.05, 0.1) is 21.0 Å². The van der Waals surface area contributed by atoms with Crippen LogP contribution in [0.5, 0.6) is 0 Å². The summed E-state index contributed by atoms with van der Waals surface area (Å²) >= 11 is 6.01. The van der Waals surface area contributed by atoms with Gasteiger partial charge in [-0.25, -0.2) is 0 Å². The zero-order valence-electron chi connectivity index (χ0n) is 8.77. The van der Waals surface area contributed by atoms with Crippen molar-refractivity contribution in [2.45, 2.75) is 6.92 Å². The van der Waals surface area contributed by atoms with E-state index >= 15 is 0 Å². The second kappa shape index (κ2) is 4.00. The quantitative estimate of drug-likeness (QED) is 0.573. The minimum Gasteiger partial charge on any atom is -0.258 e. The van der Waals surface area contributed by atoms with E-state index in [1.54, 1.807) is 6.92 Å². The summed E-state index contributed by atoms with van der Waals surface area (Å²) < 4.78 is 0. The number of rotatable bonds is 1. The number of aryl methyl sites for hydroxylation is 1. The minimum absolute atomic E-state index is 0.0613. The van der Waals surface area contributed by atoms with Gasteiger partial charge >= 0.3 is 0 Å². The Morgan fingerprint density at radius 3 is 2.82 bits per heavy atom. The van der Waals surface area contributed by atoms with Crippen LogP contribution in [0.25, 0.3) is 10.9 Å². The molecule has 0 aliphatic carbocycles. The van der Waals surface area contributed by atoms with Gasteiger partial charge in [-0.3, -0.25) is 15.1 Å². The average molecular weight is 248 g/mol. The summed E-state index contributed by atoms with van der Waals surface area (Å²) in [6.07, 6.45) is 1.36. The third kappa shape index (κ3) is 1.79. The Kier molecular flexibility index (Phi) is 2.66. The van der Waals surface area contributed by atoms with Gasteiger partial charge in [0.1, 0.15) is 6.07 Å². The molecule has 0 saturated carbocycles. The minimum atomic E-state index is -0.498. The number of aromatic nitrogens is 1. The van der Waals surface area contributed by atoms with E-state index in [1.807, 2.05) is 6.07 Å². The molecule has 0 radical (unpaired) electrons. The molecule has 1 aromatic heterocycles. The molecule has 0 amide bonds. The number of non-ortho nitro benzene ring substituents is 1. The van der Waals surface area contributed by atoms with Crippen LogP contribution in [0.3, 0.4) is 0 Å². The van der Waals surface area contributed by atoms with Crippen LogP contribution < -0.4 is 0 Å². The Hall–Kier alpha value is -2.19. The first kappa shape index (κ1) is 11.3. The molecular weight excluding hydrogens is 242 g/mol. The zero-order chi connectivity index (χ0) is 12.6. The Balaban J connectivity index is 2.89. The molecular formula is C11H6ClN3O2. The van der Waals surface area contributed by atoms with E-state index in [9.17, 15) is 10.1 Å². The summed E-state index contributed by atoms with van der Waals surface area (Å²) in [5, 5.41) is 20.2. The van der Waals surface area contributed by atoms with Crippen LogP contribution in [0.15, 0.2) is 18.3 Å². The molecule has 0 aliphatic rings. The van der Waals surface area contributed by atoms with Gasteiger partial charge in [0.15, 0.2) is 0 Å². The van der Waals surface area contributed by atoms with Crippen LogP contribution in [0.4, 0.5) is 5.69 Å². The Labute approximate surface area is 101 Å². The largest absolute Gasteiger partial charge is 0.270 e. The predicted molar refractivity (Wildman–Crippen MR) is 62.9 cm³/mol. The van der Waals surface area contributed by atoms with Crippen LogP contribution in [0.1, 0.15) is 11.1 Å². The summed E-state index contributed by atoms with van der Waals surface area (Å²) in [5.74, 6) is 0. The fourth-order valence-corrected chi connectivity index (χ4v) is 1.85.